The van der Waals surface area contributed by atoms with Gasteiger partial charge in [0, 0.05) is 10.3 Å². The van der Waals surface area contributed by atoms with Crippen molar-refractivity contribution in [2.24, 2.45) is 0 Å². The Labute approximate surface area is 98.2 Å². The molecule has 0 radical (unpaired) electrons. The third kappa shape index (κ3) is 1.37. The monoisotopic (exact) mass is 253 g/mol. The molecule has 0 aliphatic carbocycles. The lowest BCUT2D eigenvalue weighted by molar-refractivity contribution is 1.37. The minimum atomic E-state index is 0.813. The van der Waals surface area contributed by atoms with Gasteiger partial charge in [-0.05, 0) is 6.92 Å². The molecule has 0 aliphatic heterocycles. The van der Waals surface area contributed by atoms with Gasteiger partial charge in [0.2, 0.25) is 0 Å². The zero-order valence-corrected chi connectivity index (χ0v) is 10.3. The summed E-state index contributed by atoms with van der Waals surface area (Å²) < 4.78 is 1.19. The topological polar surface area (TPSA) is 51.8 Å². The van der Waals surface area contributed by atoms with Gasteiger partial charge in [-0.1, -0.05) is 0 Å². The highest BCUT2D eigenvalue weighted by atomic mass is 32.2. The Balaban J connectivity index is 2.24. The van der Waals surface area contributed by atoms with Gasteiger partial charge in [-0.25, -0.2) is 9.97 Å². The number of hydrogen-bond acceptors (Lipinski definition) is 6. The molecule has 0 aliphatic rings. The van der Waals surface area contributed by atoms with Crippen molar-refractivity contribution in [2.45, 2.75) is 6.92 Å². The number of nitrogen functional groups attached to an aromatic ring is 1. The number of aryl methyl sites for hydroxylation is 1. The molecular weight excluding hydrogens is 246 g/mol. The van der Waals surface area contributed by atoms with E-state index in [4.69, 9.17) is 5.73 Å². The highest BCUT2D eigenvalue weighted by Gasteiger charge is 2.13. The SMILES string of the molecule is Cc1sc2sc(-c3cscn3)nc2c1N. The predicted molar refractivity (Wildman–Crippen MR) is 67.8 cm³/mol. The first-order chi connectivity index (χ1) is 7.25. The smallest absolute Gasteiger partial charge is 0.144 e. The van der Waals surface area contributed by atoms with Crippen molar-refractivity contribution in [1.29, 1.82) is 0 Å². The Morgan fingerprint density at radius 1 is 1.33 bits per heavy atom. The molecule has 0 unspecified atom stereocenters. The van der Waals surface area contributed by atoms with Crippen LogP contribution in [-0.2, 0) is 0 Å². The van der Waals surface area contributed by atoms with Crippen LogP contribution in [0.25, 0.3) is 20.2 Å². The van der Waals surface area contributed by atoms with Crippen LogP contribution in [0.3, 0.4) is 0 Å². The fraction of sp³-hybridized carbons (Fsp3) is 0.111. The molecule has 2 N–H and O–H groups in total. The van der Waals surface area contributed by atoms with E-state index < -0.39 is 0 Å². The molecule has 0 bridgehead atoms. The first-order valence-electron chi connectivity index (χ1n) is 4.29. The minimum Gasteiger partial charge on any atom is -0.396 e. The summed E-state index contributed by atoms with van der Waals surface area (Å²) in [5.41, 5.74) is 10.5. The van der Waals surface area contributed by atoms with E-state index in [9.17, 15) is 0 Å². The number of rotatable bonds is 1. The lowest BCUT2D eigenvalue weighted by atomic mass is 10.4. The van der Waals surface area contributed by atoms with Crippen LogP contribution < -0.4 is 5.73 Å². The van der Waals surface area contributed by atoms with Gasteiger partial charge in [0.05, 0.1) is 11.2 Å². The van der Waals surface area contributed by atoms with Crippen LogP contribution in [0.4, 0.5) is 5.69 Å². The molecule has 0 spiro atoms. The lowest BCUT2D eigenvalue weighted by Crippen LogP contribution is -1.84. The molecule has 6 heteroatoms. The quantitative estimate of drug-likeness (QED) is 0.723. The second-order valence-corrected chi connectivity index (χ2v) is 6.30. The summed E-state index contributed by atoms with van der Waals surface area (Å²) in [6.07, 6.45) is 0. The second-order valence-electron chi connectivity index (χ2n) is 3.10. The molecule has 3 heterocycles. The number of thiazole rings is 2. The average molecular weight is 253 g/mol. The Bertz CT molecular complexity index is 606. The third-order valence-electron chi connectivity index (χ3n) is 2.13. The van der Waals surface area contributed by atoms with E-state index >= 15 is 0 Å². The van der Waals surface area contributed by atoms with Crippen molar-refractivity contribution in [1.82, 2.24) is 9.97 Å². The molecule has 3 nitrogen and oxygen atoms in total. The maximum atomic E-state index is 5.94. The van der Waals surface area contributed by atoms with Gasteiger partial charge in [0.15, 0.2) is 0 Å². The third-order valence-corrected chi connectivity index (χ3v) is 4.99. The summed E-state index contributed by atoms with van der Waals surface area (Å²) in [4.78, 5) is 9.91. The fourth-order valence-corrected chi connectivity index (χ4v) is 4.24. The van der Waals surface area contributed by atoms with E-state index in [1.165, 1.54) is 4.01 Å². The molecule has 76 valence electrons. The molecular formula is C9H7N3S3. The van der Waals surface area contributed by atoms with E-state index in [-0.39, 0.29) is 0 Å². The van der Waals surface area contributed by atoms with E-state index in [1.807, 2.05) is 17.8 Å². The summed E-state index contributed by atoms with van der Waals surface area (Å²) in [6.45, 7) is 2.02. The van der Waals surface area contributed by atoms with Crippen molar-refractivity contribution in [3.05, 3.63) is 15.8 Å². The summed E-state index contributed by atoms with van der Waals surface area (Å²) in [7, 11) is 0. The number of hydrogen-bond donors (Lipinski definition) is 1. The second kappa shape index (κ2) is 3.26. The summed E-state index contributed by atoms with van der Waals surface area (Å²) >= 11 is 4.95. The lowest BCUT2D eigenvalue weighted by Gasteiger charge is -1.88. The fourth-order valence-electron chi connectivity index (χ4n) is 1.33. The van der Waals surface area contributed by atoms with Gasteiger partial charge in [-0.3, -0.25) is 0 Å². The Morgan fingerprint density at radius 3 is 2.87 bits per heavy atom. The molecule has 3 aromatic heterocycles. The number of nitrogens with two attached hydrogens (primary N) is 1. The molecule has 0 atom stereocenters. The summed E-state index contributed by atoms with van der Waals surface area (Å²) in [5, 5.41) is 2.97. The number of fused-ring (bicyclic) bond motifs is 1. The first-order valence-corrected chi connectivity index (χ1v) is 6.87. The van der Waals surface area contributed by atoms with Crippen molar-refractivity contribution in [2.75, 3.05) is 5.73 Å². The largest absolute Gasteiger partial charge is 0.396 e. The van der Waals surface area contributed by atoms with Crippen LogP contribution >= 0.6 is 34.0 Å². The molecule has 0 fully saturated rings. The van der Waals surface area contributed by atoms with Crippen LogP contribution in [0.15, 0.2) is 10.9 Å². The highest BCUT2D eigenvalue weighted by molar-refractivity contribution is 7.39. The van der Waals surface area contributed by atoms with Gasteiger partial charge in [0.1, 0.15) is 20.2 Å². The highest BCUT2D eigenvalue weighted by Crippen LogP contribution is 2.39. The number of anilines is 1. The van der Waals surface area contributed by atoms with Gasteiger partial charge >= 0.3 is 0 Å². The molecule has 0 amide bonds. The Kier molecular flexibility index (Phi) is 2.01. The van der Waals surface area contributed by atoms with Crippen LogP contribution in [0.2, 0.25) is 0 Å². The minimum absolute atomic E-state index is 0.813. The number of aromatic nitrogens is 2. The van der Waals surface area contributed by atoms with Gasteiger partial charge < -0.3 is 5.73 Å². The van der Waals surface area contributed by atoms with Crippen LogP contribution in [0, 0.1) is 6.92 Å². The van der Waals surface area contributed by atoms with Crippen molar-refractivity contribution in [3.63, 3.8) is 0 Å². The number of nitrogens with zero attached hydrogens (tertiary/aromatic N) is 2. The molecule has 0 saturated carbocycles. The maximum Gasteiger partial charge on any atom is 0.144 e. The molecule has 15 heavy (non-hydrogen) atoms. The normalized spacial score (nSPS) is 11.3. The predicted octanol–water partition coefficient (Wildman–Crippen LogP) is 3.37. The van der Waals surface area contributed by atoms with E-state index in [2.05, 4.69) is 9.97 Å². The first kappa shape index (κ1) is 9.26. The van der Waals surface area contributed by atoms with Crippen LogP contribution in [-0.4, -0.2) is 9.97 Å². The Morgan fingerprint density at radius 2 is 2.20 bits per heavy atom. The average Bonchev–Trinajstić information content (AvgIpc) is 2.86. The van der Waals surface area contributed by atoms with E-state index in [0.29, 0.717) is 0 Å². The van der Waals surface area contributed by atoms with Gasteiger partial charge in [-0.15, -0.1) is 34.0 Å². The summed E-state index contributed by atoms with van der Waals surface area (Å²) in [6, 6.07) is 0. The van der Waals surface area contributed by atoms with E-state index in [0.717, 1.165) is 26.8 Å². The van der Waals surface area contributed by atoms with Crippen LogP contribution in [0.5, 0.6) is 0 Å². The summed E-state index contributed by atoms with van der Waals surface area (Å²) in [5.74, 6) is 0. The molecule has 0 aromatic carbocycles. The van der Waals surface area contributed by atoms with Crippen molar-refractivity contribution in [3.8, 4) is 10.7 Å². The zero-order valence-electron chi connectivity index (χ0n) is 7.85. The molecule has 3 rings (SSSR count). The molecule has 0 saturated heterocycles. The van der Waals surface area contributed by atoms with Crippen molar-refractivity contribution >= 4 is 49.2 Å². The zero-order chi connectivity index (χ0) is 10.4. The van der Waals surface area contributed by atoms with Gasteiger partial charge in [-0.2, -0.15) is 0 Å². The van der Waals surface area contributed by atoms with Gasteiger partial charge in [0.25, 0.3) is 0 Å². The van der Waals surface area contributed by atoms with Crippen LogP contribution in [0.1, 0.15) is 4.88 Å². The Hall–Kier alpha value is -0.980. The molecule has 3 aromatic rings. The van der Waals surface area contributed by atoms with E-state index in [1.54, 1.807) is 34.0 Å². The standard InChI is InChI=1S/C9H7N3S3/c1-4-6(10)7-9(14-4)15-8(12-7)5-2-13-3-11-5/h2-3H,10H2,1H3. The maximum absolute atomic E-state index is 5.94. The number of thiophene rings is 1. The van der Waals surface area contributed by atoms with Crippen molar-refractivity contribution < 1.29 is 0 Å².